The normalized spacial score (nSPS) is 13.8. The smallest absolute Gasteiger partial charge is 0.221 e. The molecule has 0 spiro atoms. The molecule has 5 heteroatoms. The van der Waals surface area contributed by atoms with Gasteiger partial charge in [0.25, 0.3) is 0 Å². The van der Waals surface area contributed by atoms with Crippen LogP contribution in [0.2, 0.25) is 0 Å². The van der Waals surface area contributed by atoms with Crippen LogP contribution in [0.5, 0.6) is 0 Å². The van der Waals surface area contributed by atoms with Gasteiger partial charge in [0, 0.05) is 25.8 Å². The summed E-state index contributed by atoms with van der Waals surface area (Å²) >= 11 is 0. The van der Waals surface area contributed by atoms with Crippen molar-refractivity contribution in [1.29, 1.82) is 0 Å². The summed E-state index contributed by atoms with van der Waals surface area (Å²) in [7, 11) is 1.58. The van der Waals surface area contributed by atoms with E-state index in [1.54, 1.807) is 7.11 Å². The first-order valence-electron chi connectivity index (χ1n) is 6.81. The summed E-state index contributed by atoms with van der Waals surface area (Å²) in [4.78, 5) is 11.0. The highest BCUT2D eigenvalue weighted by atomic mass is 16.5. The molecule has 5 nitrogen and oxygen atoms in total. The SMILES string of the molecule is COCC(O)CCNC(C)c1cccc(NC(C)=O)c1. The molecular formula is C15H24N2O3. The van der Waals surface area contributed by atoms with E-state index in [0.717, 1.165) is 11.3 Å². The lowest BCUT2D eigenvalue weighted by atomic mass is 10.1. The molecule has 0 radical (unpaired) electrons. The van der Waals surface area contributed by atoms with Gasteiger partial charge in [0.1, 0.15) is 0 Å². The van der Waals surface area contributed by atoms with Crippen LogP contribution in [0.25, 0.3) is 0 Å². The van der Waals surface area contributed by atoms with Crippen molar-refractivity contribution in [2.45, 2.75) is 32.4 Å². The second kappa shape index (κ2) is 8.68. The van der Waals surface area contributed by atoms with Crippen molar-refractivity contribution in [3.63, 3.8) is 0 Å². The lowest BCUT2D eigenvalue weighted by Crippen LogP contribution is -2.25. The Balaban J connectivity index is 2.46. The van der Waals surface area contributed by atoms with E-state index >= 15 is 0 Å². The van der Waals surface area contributed by atoms with Crippen LogP contribution in [-0.2, 0) is 9.53 Å². The standard InChI is InChI=1S/C15H24N2O3/c1-11(16-8-7-15(19)10-20-3)13-5-4-6-14(9-13)17-12(2)18/h4-6,9,11,15-16,19H,7-8,10H2,1-3H3,(H,17,18). The zero-order valence-corrected chi connectivity index (χ0v) is 12.3. The summed E-state index contributed by atoms with van der Waals surface area (Å²) in [5, 5.41) is 15.7. The number of methoxy groups -OCH3 is 1. The second-order valence-corrected chi connectivity index (χ2v) is 4.88. The van der Waals surface area contributed by atoms with Gasteiger partial charge >= 0.3 is 0 Å². The highest BCUT2D eigenvalue weighted by molar-refractivity contribution is 5.88. The van der Waals surface area contributed by atoms with Gasteiger partial charge < -0.3 is 20.5 Å². The molecule has 112 valence electrons. The molecule has 0 heterocycles. The summed E-state index contributed by atoms with van der Waals surface area (Å²) < 4.78 is 4.88. The first kappa shape index (κ1) is 16.6. The fourth-order valence-corrected chi connectivity index (χ4v) is 1.95. The van der Waals surface area contributed by atoms with Gasteiger partial charge in [-0.15, -0.1) is 0 Å². The third-order valence-corrected chi connectivity index (χ3v) is 2.99. The largest absolute Gasteiger partial charge is 0.391 e. The highest BCUT2D eigenvalue weighted by Gasteiger charge is 2.08. The molecule has 1 aromatic carbocycles. The van der Waals surface area contributed by atoms with Crippen molar-refractivity contribution in [3.8, 4) is 0 Å². The molecule has 0 aliphatic rings. The predicted molar refractivity (Wildman–Crippen MR) is 79.7 cm³/mol. The molecular weight excluding hydrogens is 256 g/mol. The van der Waals surface area contributed by atoms with Crippen LogP contribution < -0.4 is 10.6 Å². The van der Waals surface area contributed by atoms with Crippen molar-refractivity contribution >= 4 is 11.6 Å². The summed E-state index contributed by atoms with van der Waals surface area (Å²) in [5.41, 5.74) is 1.89. The molecule has 0 bridgehead atoms. The van der Waals surface area contributed by atoms with Crippen LogP contribution in [0.1, 0.15) is 31.9 Å². The van der Waals surface area contributed by atoms with E-state index < -0.39 is 6.10 Å². The fraction of sp³-hybridized carbons (Fsp3) is 0.533. The Morgan fingerprint density at radius 2 is 2.20 bits per heavy atom. The first-order chi connectivity index (χ1) is 9.52. The molecule has 3 N–H and O–H groups in total. The number of benzene rings is 1. The van der Waals surface area contributed by atoms with Crippen LogP contribution >= 0.6 is 0 Å². The maximum Gasteiger partial charge on any atom is 0.221 e. The number of aliphatic hydroxyl groups is 1. The number of hydrogen-bond acceptors (Lipinski definition) is 4. The molecule has 1 aromatic rings. The lowest BCUT2D eigenvalue weighted by Gasteiger charge is -2.17. The predicted octanol–water partition coefficient (Wildman–Crippen LogP) is 1.69. The maximum absolute atomic E-state index is 11.0. The number of carbonyl (C=O) groups excluding carboxylic acids is 1. The molecule has 0 aliphatic carbocycles. The molecule has 1 amide bonds. The lowest BCUT2D eigenvalue weighted by molar-refractivity contribution is -0.114. The molecule has 0 saturated carbocycles. The zero-order valence-electron chi connectivity index (χ0n) is 12.3. The summed E-state index contributed by atoms with van der Waals surface area (Å²) in [6.07, 6.45) is 0.203. The number of amides is 1. The Hall–Kier alpha value is -1.43. The van der Waals surface area contributed by atoms with Gasteiger partial charge in [-0.1, -0.05) is 12.1 Å². The quantitative estimate of drug-likeness (QED) is 0.678. The van der Waals surface area contributed by atoms with Crippen molar-refractivity contribution in [1.82, 2.24) is 5.32 Å². The Morgan fingerprint density at radius 1 is 1.45 bits per heavy atom. The van der Waals surface area contributed by atoms with Gasteiger partial charge in [-0.3, -0.25) is 4.79 Å². The van der Waals surface area contributed by atoms with Gasteiger partial charge in [-0.05, 0) is 37.6 Å². The highest BCUT2D eigenvalue weighted by Crippen LogP contribution is 2.17. The summed E-state index contributed by atoms with van der Waals surface area (Å²) in [5.74, 6) is -0.0783. The Kier molecular flexibility index (Phi) is 7.22. The van der Waals surface area contributed by atoms with Crippen LogP contribution in [0.4, 0.5) is 5.69 Å². The maximum atomic E-state index is 11.0. The summed E-state index contributed by atoms with van der Waals surface area (Å²) in [6.45, 7) is 4.60. The number of ether oxygens (including phenoxy) is 1. The molecule has 0 aliphatic heterocycles. The number of hydrogen-bond donors (Lipinski definition) is 3. The van der Waals surface area contributed by atoms with Crippen molar-refractivity contribution in [3.05, 3.63) is 29.8 Å². The van der Waals surface area contributed by atoms with E-state index in [0.29, 0.717) is 19.6 Å². The summed E-state index contributed by atoms with van der Waals surface area (Å²) in [6, 6.07) is 7.89. The van der Waals surface area contributed by atoms with Gasteiger partial charge in [-0.25, -0.2) is 0 Å². The molecule has 0 aromatic heterocycles. The Bertz CT molecular complexity index is 423. The van der Waals surface area contributed by atoms with E-state index in [-0.39, 0.29) is 11.9 Å². The van der Waals surface area contributed by atoms with E-state index in [2.05, 4.69) is 17.6 Å². The average molecular weight is 280 g/mol. The van der Waals surface area contributed by atoms with Crippen LogP contribution in [-0.4, -0.2) is 37.4 Å². The molecule has 2 atom stereocenters. The molecule has 20 heavy (non-hydrogen) atoms. The van der Waals surface area contributed by atoms with Crippen molar-refractivity contribution < 1.29 is 14.6 Å². The molecule has 0 fully saturated rings. The van der Waals surface area contributed by atoms with Gasteiger partial charge in [0.05, 0.1) is 12.7 Å². The minimum Gasteiger partial charge on any atom is -0.391 e. The van der Waals surface area contributed by atoms with E-state index in [4.69, 9.17) is 4.74 Å². The minimum absolute atomic E-state index is 0.0783. The molecule has 0 saturated heterocycles. The second-order valence-electron chi connectivity index (χ2n) is 4.88. The number of rotatable bonds is 8. The third kappa shape index (κ3) is 6.14. The third-order valence-electron chi connectivity index (χ3n) is 2.99. The number of carbonyl (C=O) groups is 1. The van der Waals surface area contributed by atoms with Crippen LogP contribution in [0, 0.1) is 0 Å². The zero-order chi connectivity index (χ0) is 15.0. The van der Waals surface area contributed by atoms with E-state index in [1.165, 1.54) is 6.92 Å². The first-order valence-corrected chi connectivity index (χ1v) is 6.81. The fourth-order valence-electron chi connectivity index (χ4n) is 1.95. The van der Waals surface area contributed by atoms with Crippen molar-refractivity contribution in [2.75, 3.05) is 25.6 Å². The minimum atomic E-state index is -0.439. The van der Waals surface area contributed by atoms with E-state index in [9.17, 15) is 9.90 Å². The average Bonchev–Trinajstić information content (AvgIpc) is 2.38. The number of aliphatic hydroxyl groups excluding tert-OH is 1. The van der Waals surface area contributed by atoms with Crippen LogP contribution in [0.3, 0.4) is 0 Å². The topological polar surface area (TPSA) is 70.6 Å². The Labute approximate surface area is 120 Å². The van der Waals surface area contributed by atoms with Crippen LogP contribution in [0.15, 0.2) is 24.3 Å². The number of nitrogens with one attached hydrogen (secondary N) is 2. The Morgan fingerprint density at radius 3 is 2.85 bits per heavy atom. The van der Waals surface area contributed by atoms with Gasteiger partial charge in [-0.2, -0.15) is 0 Å². The molecule has 1 rings (SSSR count). The van der Waals surface area contributed by atoms with Gasteiger partial charge in [0.2, 0.25) is 5.91 Å². The monoisotopic (exact) mass is 280 g/mol. The molecule has 2 unspecified atom stereocenters. The number of anilines is 1. The van der Waals surface area contributed by atoms with E-state index in [1.807, 2.05) is 24.3 Å². The van der Waals surface area contributed by atoms with Gasteiger partial charge in [0.15, 0.2) is 0 Å². The van der Waals surface area contributed by atoms with Crippen molar-refractivity contribution in [2.24, 2.45) is 0 Å².